The summed E-state index contributed by atoms with van der Waals surface area (Å²) in [5, 5.41) is 11.6. The summed E-state index contributed by atoms with van der Waals surface area (Å²) in [4.78, 5) is 12.0. The average molecular weight is 285 g/mol. The predicted molar refractivity (Wildman–Crippen MR) is 73.3 cm³/mol. The first-order valence-corrected chi connectivity index (χ1v) is 6.83. The van der Waals surface area contributed by atoms with Gasteiger partial charge in [-0.15, -0.1) is 0 Å². The molecule has 20 heavy (non-hydrogen) atoms. The summed E-state index contributed by atoms with van der Waals surface area (Å²) in [6.07, 6.45) is 1.42. The van der Waals surface area contributed by atoms with Crippen LogP contribution in [-0.2, 0) is 4.79 Å². The molecule has 0 fully saturated rings. The van der Waals surface area contributed by atoms with Crippen LogP contribution in [0.15, 0.2) is 18.2 Å². The maximum atomic E-state index is 13.6. The first-order chi connectivity index (χ1) is 9.51. The van der Waals surface area contributed by atoms with Crippen molar-refractivity contribution in [2.24, 2.45) is 5.92 Å². The van der Waals surface area contributed by atoms with Gasteiger partial charge < -0.3 is 10.4 Å². The first kappa shape index (κ1) is 16.6. The van der Waals surface area contributed by atoms with Crippen LogP contribution in [0.3, 0.4) is 0 Å². The third kappa shape index (κ3) is 4.27. The number of halogens is 2. The van der Waals surface area contributed by atoms with Crippen LogP contribution in [0.4, 0.5) is 8.78 Å². The van der Waals surface area contributed by atoms with Crippen LogP contribution in [0, 0.1) is 17.6 Å². The van der Waals surface area contributed by atoms with Gasteiger partial charge >= 0.3 is 0 Å². The third-order valence-electron chi connectivity index (χ3n) is 3.51. The second-order valence-electron chi connectivity index (χ2n) is 4.89. The minimum absolute atomic E-state index is 0.0614. The molecule has 112 valence electrons. The molecule has 0 aliphatic rings. The number of carbonyl (C=O) groups is 1. The van der Waals surface area contributed by atoms with Crippen molar-refractivity contribution >= 4 is 5.91 Å². The molecular formula is C15H21F2NO2. The van der Waals surface area contributed by atoms with E-state index >= 15 is 0 Å². The lowest BCUT2D eigenvalue weighted by molar-refractivity contribution is -0.122. The molecule has 1 aromatic rings. The van der Waals surface area contributed by atoms with E-state index in [0.717, 1.165) is 18.6 Å². The van der Waals surface area contributed by atoms with Gasteiger partial charge in [-0.1, -0.05) is 19.4 Å². The number of hydrogen-bond acceptors (Lipinski definition) is 2. The van der Waals surface area contributed by atoms with Crippen molar-refractivity contribution in [3.63, 3.8) is 0 Å². The van der Waals surface area contributed by atoms with Gasteiger partial charge in [-0.2, -0.15) is 0 Å². The molecule has 0 heterocycles. The smallest absolute Gasteiger partial charge is 0.227 e. The van der Waals surface area contributed by atoms with E-state index in [1.54, 1.807) is 0 Å². The number of amides is 1. The van der Waals surface area contributed by atoms with Gasteiger partial charge in [0.1, 0.15) is 11.6 Å². The Balaban J connectivity index is 2.68. The maximum absolute atomic E-state index is 13.6. The van der Waals surface area contributed by atoms with Gasteiger partial charge in [0, 0.05) is 18.7 Å². The molecule has 3 nitrogen and oxygen atoms in total. The lowest BCUT2D eigenvalue weighted by atomic mass is 9.98. The molecule has 1 amide bonds. The Labute approximate surface area is 118 Å². The Hall–Kier alpha value is -1.49. The molecule has 0 saturated carbocycles. The Bertz CT molecular complexity index is 431. The van der Waals surface area contributed by atoms with Crippen LogP contribution < -0.4 is 5.32 Å². The second kappa shape index (κ2) is 7.94. The highest BCUT2D eigenvalue weighted by Crippen LogP contribution is 2.22. The maximum Gasteiger partial charge on any atom is 0.227 e. The number of hydrogen-bond donors (Lipinski definition) is 2. The standard InChI is InChI=1S/C15H21F2NO2/c1-3-11(7-8-19)9-18-15(20)10(2)14-12(16)5-4-6-13(14)17/h4-6,10-11,19H,3,7-9H2,1-2H3,(H,18,20). The summed E-state index contributed by atoms with van der Waals surface area (Å²) in [6, 6.07) is 3.55. The van der Waals surface area contributed by atoms with Gasteiger partial charge in [-0.05, 0) is 31.4 Å². The van der Waals surface area contributed by atoms with E-state index in [2.05, 4.69) is 5.32 Å². The van der Waals surface area contributed by atoms with E-state index in [1.165, 1.54) is 13.0 Å². The molecule has 1 aromatic carbocycles. The van der Waals surface area contributed by atoms with E-state index < -0.39 is 23.5 Å². The predicted octanol–water partition coefficient (Wildman–Crippen LogP) is 2.59. The zero-order chi connectivity index (χ0) is 15.1. The van der Waals surface area contributed by atoms with E-state index in [1.807, 2.05) is 6.92 Å². The van der Waals surface area contributed by atoms with Crippen molar-refractivity contribution in [2.45, 2.75) is 32.6 Å². The third-order valence-corrected chi connectivity index (χ3v) is 3.51. The van der Waals surface area contributed by atoms with Gasteiger partial charge in [0.2, 0.25) is 5.91 Å². The van der Waals surface area contributed by atoms with Crippen LogP contribution >= 0.6 is 0 Å². The van der Waals surface area contributed by atoms with Gasteiger partial charge in [0.15, 0.2) is 0 Å². The summed E-state index contributed by atoms with van der Waals surface area (Å²) in [5.74, 6) is -2.56. The lowest BCUT2D eigenvalue weighted by Gasteiger charge is -2.18. The zero-order valence-corrected chi connectivity index (χ0v) is 11.8. The molecule has 2 unspecified atom stereocenters. The molecule has 0 spiro atoms. The van der Waals surface area contributed by atoms with Crippen molar-refractivity contribution in [3.05, 3.63) is 35.4 Å². The monoisotopic (exact) mass is 285 g/mol. The number of benzene rings is 1. The molecule has 1 rings (SSSR count). The van der Waals surface area contributed by atoms with Crippen molar-refractivity contribution in [1.29, 1.82) is 0 Å². The highest BCUT2D eigenvalue weighted by Gasteiger charge is 2.22. The Morgan fingerprint density at radius 1 is 1.35 bits per heavy atom. The molecule has 5 heteroatoms. The Morgan fingerprint density at radius 2 is 1.95 bits per heavy atom. The number of aliphatic hydroxyl groups is 1. The Kier molecular flexibility index (Phi) is 6.58. The summed E-state index contributed by atoms with van der Waals surface area (Å²) >= 11 is 0. The van der Waals surface area contributed by atoms with Crippen LogP contribution in [0.1, 0.15) is 38.2 Å². The largest absolute Gasteiger partial charge is 0.396 e. The molecular weight excluding hydrogens is 264 g/mol. The van der Waals surface area contributed by atoms with Crippen molar-refractivity contribution in [1.82, 2.24) is 5.32 Å². The van der Waals surface area contributed by atoms with Crippen molar-refractivity contribution in [3.8, 4) is 0 Å². The highest BCUT2D eigenvalue weighted by atomic mass is 19.1. The molecule has 0 bridgehead atoms. The van der Waals surface area contributed by atoms with Crippen LogP contribution in [0.2, 0.25) is 0 Å². The normalized spacial score (nSPS) is 13.8. The van der Waals surface area contributed by atoms with Gasteiger partial charge in [-0.25, -0.2) is 8.78 Å². The first-order valence-electron chi connectivity index (χ1n) is 6.83. The van der Waals surface area contributed by atoms with Crippen molar-refractivity contribution < 1.29 is 18.7 Å². The summed E-state index contributed by atoms with van der Waals surface area (Å²) in [5.41, 5.74) is -0.208. The highest BCUT2D eigenvalue weighted by molar-refractivity contribution is 5.83. The minimum atomic E-state index is -0.886. The zero-order valence-electron chi connectivity index (χ0n) is 11.8. The fraction of sp³-hybridized carbons (Fsp3) is 0.533. The molecule has 0 radical (unpaired) electrons. The van der Waals surface area contributed by atoms with Gasteiger partial charge in [-0.3, -0.25) is 4.79 Å². The molecule has 2 atom stereocenters. The number of carbonyl (C=O) groups excluding carboxylic acids is 1. The van der Waals surface area contributed by atoms with Crippen LogP contribution in [-0.4, -0.2) is 24.2 Å². The summed E-state index contributed by atoms with van der Waals surface area (Å²) < 4.78 is 27.2. The van der Waals surface area contributed by atoms with Crippen LogP contribution in [0.25, 0.3) is 0 Å². The lowest BCUT2D eigenvalue weighted by Crippen LogP contribution is -2.33. The fourth-order valence-corrected chi connectivity index (χ4v) is 2.09. The topological polar surface area (TPSA) is 49.3 Å². The molecule has 0 aliphatic carbocycles. The minimum Gasteiger partial charge on any atom is -0.396 e. The average Bonchev–Trinajstić information content (AvgIpc) is 2.42. The van der Waals surface area contributed by atoms with E-state index in [9.17, 15) is 13.6 Å². The van der Waals surface area contributed by atoms with Crippen molar-refractivity contribution in [2.75, 3.05) is 13.2 Å². The SMILES string of the molecule is CCC(CCO)CNC(=O)C(C)c1c(F)cccc1F. The van der Waals surface area contributed by atoms with Gasteiger partial charge in [0.05, 0.1) is 5.92 Å². The van der Waals surface area contributed by atoms with Crippen LogP contribution in [0.5, 0.6) is 0 Å². The number of rotatable bonds is 7. The van der Waals surface area contributed by atoms with E-state index in [4.69, 9.17) is 5.11 Å². The summed E-state index contributed by atoms with van der Waals surface area (Å²) in [6.45, 7) is 3.90. The molecule has 0 saturated heterocycles. The second-order valence-corrected chi connectivity index (χ2v) is 4.89. The molecule has 0 aromatic heterocycles. The quantitative estimate of drug-likeness (QED) is 0.809. The summed E-state index contributed by atoms with van der Waals surface area (Å²) in [7, 11) is 0. The van der Waals surface area contributed by atoms with Gasteiger partial charge in [0.25, 0.3) is 0 Å². The molecule has 2 N–H and O–H groups in total. The Morgan fingerprint density at radius 3 is 2.45 bits per heavy atom. The van der Waals surface area contributed by atoms with E-state index in [0.29, 0.717) is 13.0 Å². The molecule has 0 aliphatic heterocycles. The number of aliphatic hydroxyl groups excluding tert-OH is 1. The fourth-order valence-electron chi connectivity index (χ4n) is 2.09. The number of nitrogens with one attached hydrogen (secondary N) is 1. The van der Waals surface area contributed by atoms with E-state index in [-0.39, 0.29) is 18.1 Å².